The minimum atomic E-state index is -0.227. The van der Waals surface area contributed by atoms with Crippen molar-refractivity contribution in [2.75, 3.05) is 37.3 Å². The molecule has 122 valence electrons. The molecule has 1 amide bonds. The van der Waals surface area contributed by atoms with E-state index in [0.717, 1.165) is 18.9 Å². The predicted octanol–water partition coefficient (Wildman–Crippen LogP) is 1.94. The van der Waals surface area contributed by atoms with E-state index in [-0.39, 0.29) is 5.91 Å². The zero-order valence-corrected chi connectivity index (χ0v) is 13.8. The summed E-state index contributed by atoms with van der Waals surface area (Å²) >= 11 is 1.28. The van der Waals surface area contributed by atoms with Crippen molar-refractivity contribution in [3.05, 3.63) is 29.4 Å². The normalized spacial score (nSPS) is 18.6. The molecule has 2 aromatic rings. The Bertz CT molecular complexity index is 630. The van der Waals surface area contributed by atoms with Crippen LogP contribution in [0.25, 0.3) is 0 Å². The lowest BCUT2D eigenvalue weighted by Gasteiger charge is -2.29. The lowest BCUT2D eigenvalue weighted by Crippen LogP contribution is -2.35. The number of rotatable bonds is 5. The summed E-state index contributed by atoms with van der Waals surface area (Å²) in [5, 5.41) is 14.0. The molecule has 1 aliphatic heterocycles. The number of likely N-dealkylation sites (tertiary alicyclic amines) is 1. The van der Waals surface area contributed by atoms with Gasteiger partial charge in [-0.2, -0.15) is 0 Å². The summed E-state index contributed by atoms with van der Waals surface area (Å²) in [6.45, 7) is 3.22. The van der Waals surface area contributed by atoms with Gasteiger partial charge < -0.3 is 10.2 Å². The van der Waals surface area contributed by atoms with Crippen LogP contribution in [0.2, 0.25) is 0 Å². The molecule has 0 bridgehead atoms. The van der Waals surface area contributed by atoms with Gasteiger partial charge in [-0.05, 0) is 44.5 Å². The minimum absolute atomic E-state index is 0.227. The first kappa shape index (κ1) is 15.8. The molecule has 0 aliphatic carbocycles. The van der Waals surface area contributed by atoms with Crippen LogP contribution in [0.5, 0.6) is 0 Å². The van der Waals surface area contributed by atoms with Crippen molar-refractivity contribution < 1.29 is 4.79 Å². The Balaban J connectivity index is 1.51. The average Bonchev–Trinajstić information content (AvgIpc) is 3.06. The third-order valence-corrected chi connectivity index (χ3v) is 4.51. The van der Waals surface area contributed by atoms with Crippen molar-refractivity contribution >= 4 is 28.2 Å². The molecule has 2 N–H and O–H groups in total. The first-order valence-corrected chi connectivity index (χ1v) is 8.54. The number of pyridine rings is 1. The molecule has 0 aromatic carbocycles. The summed E-state index contributed by atoms with van der Waals surface area (Å²) in [7, 11) is 2.16. The number of anilines is 2. The summed E-state index contributed by atoms with van der Waals surface area (Å²) in [4.78, 5) is 18.7. The van der Waals surface area contributed by atoms with Gasteiger partial charge in [-0.3, -0.25) is 10.1 Å². The van der Waals surface area contributed by atoms with Gasteiger partial charge in [0.25, 0.3) is 5.91 Å². The molecule has 1 fully saturated rings. The maximum atomic E-state index is 12.0. The molecule has 0 radical (unpaired) electrons. The second-order valence-corrected chi connectivity index (χ2v) is 6.61. The highest BCUT2D eigenvalue weighted by Crippen LogP contribution is 2.16. The SMILES string of the molecule is CN1CCCC(CNc2ccc(C(=O)Nc3nncs3)cn2)C1. The van der Waals surface area contributed by atoms with Crippen molar-refractivity contribution in [1.29, 1.82) is 0 Å². The summed E-state index contributed by atoms with van der Waals surface area (Å²) < 4.78 is 0. The third-order valence-electron chi connectivity index (χ3n) is 3.90. The fourth-order valence-electron chi connectivity index (χ4n) is 2.72. The monoisotopic (exact) mass is 332 g/mol. The standard InChI is InChI=1S/C15H20N6OS/c1-21-6-2-3-11(9-21)7-16-13-5-4-12(8-17-13)14(22)19-15-20-18-10-23-15/h4-5,8,10-11H,2-3,6-7,9H2,1H3,(H,16,17)(H,19,20,22). The molecule has 3 rings (SSSR count). The number of nitrogens with one attached hydrogen (secondary N) is 2. The topological polar surface area (TPSA) is 83.0 Å². The number of piperidine rings is 1. The molecule has 1 saturated heterocycles. The van der Waals surface area contributed by atoms with Crippen molar-refractivity contribution in [3.8, 4) is 0 Å². The van der Waals surface area contributed by atoms with Crippen LogP contribution < -0.4 is 10.6 Å². The molecular weight excluding hydrogens is 312 g/mol. The maximum Gasteiger partial charge on any atom is 0.259 e. The van der Waals surface area contributed by atoms with Gasteiger partial charge in [0.1, 0.15) is 11.3 Å². The predicted molar refractivity (Wildman–Crippen MR) is 90.8 cm³/mol. The van der Waals surface area contributed by atoms with Crippen LogP contribution >= 0.6 is 11.3 Å². The van der Waals surface area contributed by atoms with Crippen molar-refractivity contribution in [1.82, 2.24) is 20.1 Å². The number of nitrogens with zero attached hydrogens (tertiary/aromatic N) is 4. The number of hydrogen-bond acceptors (Lipinski definition) is 7. The zero-order chi connectivity index (χ0) is 16.1. The number of carbonyl (C=O) groups is 1. The second-order valence-electron chi connectivity index (χ2n) is 5.78. The number of carbonyl (C=O) groups excluding carboxylic acids is 1. The molecule has 7 nitrogen and oxygen atoms in total. The van der Waals surface area contributed by atoms with Gasteiger partial charge in [-0.15, -0.1) is 10.2 Å². The number of amides is 1. The van der Waals surface area contributed by atoms with Crippen molar-refractivity contribution in [2.24, 2.45) is 5.92 Å². The van der Waals surface area contributed by atoms with Gasteiger partial charge in [-0.25, -0.2) is 4.98 Å². The summed E-state index contributed by atoms with van der Waals surface area (Å²) in [5.41, 5.74) is 2.08. The van der Waals surface area contributed by atoms with E-state index in [1.165, 1.54) is 30.7 Å². The van der Waals surface area contributed by atoms with E-state index in [2.05, 4.69) is 37.8 Å². The van der Waals surface area contributed by atoms with Crippen LogP contribution in [0, 0.1) is 5.92 Å². The second kappa shape index (κ2) is 7.47. The van der Waals surface area contributed by atoms with Crippen molar-refractivity contribution in [3.63, 3.8) is 0 Å². The van der Waals surface area contributed by atoms with E-state index in [0.29, 0.717) is 16.6 Å². The van der Waals surface area contributed by atoms with E-state index in [1.54, 1.807) is 17.8 Å². The summed E-state index contributed by atoms with van der Waals surface area (Å²) in [5.74, 6) is 1.22. The van der Waals surface area contributed by atoms with Crippen LogP contribution in [0.3, 0.4) is 0 Å². The number of aromatic nitrogens is 3. The Morgan fingerprint density at radius 1 is 1.48 bits per heavy atom. The Kier molecular flexibility index (Phi) is 5.14. The summed E-state index contributed by atoms with van der Waals surface area (Å²) in [6, 6.07) is 3.60. The van der Waals surface area contributed by atoms with Crippen LogP contribution in [-0.4, -0.2) is 52.7 Å². The van der Waals surface area contributed by atoms with Crippen LogP contribution in [-0.2, 0) is 0 Å². The Labute approximate surface area is 139 Å². The van der Waals surface area contributed by atoms with Gasteiger partial charge in [0.05, 0.1) is 5.56 Å². The highest BCUT2D eigenvalue weighted by atomic mass is 32.1. The van der Waals surface area contributed by atoms with Gasteiger partial charge in [0, 0.05) is 19.3 Å². The van der Waals surface area contributed by atoms with Crippen LogP contribution in [0.4, 0.5) is 10.9 Å². The Hall–Kier alpha value is -2.06. The van der Waals surface area contributed by atoms with E-state index >= 15 is 0 Å². The fourth-order valence-corrected chi connectivity index (χ4v) is 3.16. The lowest BCUT2D eigenvalue weighted by atomic mass is 9.98. The van der Waals surface area contributed by atoms with Crippen LogP contribution in [0.15, 0.2) is 23.8 Å². The highest BCUT2D eigenvalue weighted by Gasteiger charge is 2.17. The Morgan fingerprint density at radius 3 is 3.09 bits per heavy atom. The molecule has 1 atom stereocenters. The van der Waals surface area contributed by atoms with Gasteiger partial charge in [0.15, 0.2) is 0 Å². The van der Waals surface area contributed by atoms with Crippen molar-refractivity contribution in [2.45, 2.75) is 12.8 Å². The van der Waals surface area contributed by atoms with E-state index in [9.17, 15) is 4.79 Å². The van der Waals surface area contributed by atoms with Gasteiger partial charge in [0.2, 0.25) is 5.13 Å². The first-order chi connectivity index (χ1) is 11.2. The largest absolute Gasteiger partial charge is 0.370 e. The van der Waals surface area contributed by atoms with E-state index in [1.807, 2.05) is 6.07 Å². The molecule has 0 saturated carbocycles. The summed E-state index contributed by atoms with van der Waals surface area (Å²) in [6.07, 6.45) is 4.08. The van der Waals surface area contributed by atoms with E-state index in [4.69, 9.17) is 0 Å². The smallest absolute Gasteiger partial charge is 0.259 e. The maximum absolute atomic E-state index is 12.0. The molecule has 8 heteroatoms. The molecular formula is C15H20N6OS. The molecule has 0 spiro atoms. The number of hydrogen-bond donors (Lipinski definition) is 2. The molecule has 1 aliphatic rings. The third kappa shape index (κ3) is 4.46. The highest BCUT2D eigenvalue weighted by molar-refractivity contribution is 7.13. The fraction of sp³-hybridized carbons (Fsp3) is 0.467. The van der Waals surface area contributed by atoms with Gasteiger partial charge >= 0.3 is 0 Å². The quantitative estimate of drug-likeness (QED) is 0.871. The zero-order valence-electron chi connectivity index (χ0n) is 13.0. The lowest BCUT2D eigenvalue weighted by molar-refractivity contribution is 0.102. The molecule has 2 aromatic heterocycles. The first-order valence-electron chi connectivity index (χ1n) is 7.66. The van der Waals surface area contributed by atoms with Crippen LogP contribution in [0.1, 0.15) is 23.2 Å². The van der Waals surface area contributed by atoms with Gasteiger partial charge in [-0.1, -0.05) is 11.3 Å². The average molecular weight is 332 g/mol. The minimum Gasteiger partial charge on any atom is -0.370 e. The molecule has 3 heterocycles. The Morgan fingerprint density at radius 2 is 2.39 bits per heavy atom. The molecule has 23 heavy (non-hydrogen) atoms. The molecule has 1 unspecified atom stereocenters. The van der Waals surface area contributed by atoms with E-state index < -0.39 is 0 Å².